The molecule has 6 nitrogen and oxygen atoms in total. The van der Waals surface area contributed by atoms with Gasteiger partial charge in [0.1, 0.15) is 0 Å². The molecule has 1 N–H and O–H groups in total. The van der Waals surface area contributed by atoms with Gasteiger partial charge in [-0.15, -0.1) is 10.2 Å². The van der Waals surface area contributed by atoms with Crippen LogP contribution in [0.2, 0.25) is 0 Å². The molecule has 0 aromatic carbocycles. The lowest BCUT2D eigenvalue weighted by Crippen LogP contribution is -2.49. The summed E-state index contributed by atoms with van der Waals surface area (Å²) in [6, 6.07) is 0. The molecular formula is C4HN3O3. The van der Waals surface area contributed by atoms with Crippen LogP contribution in [0.15, 0.2) is 14.4 Å². The summed E-state index contributed by atoms with van der Waals surface area (Å²) in [5.41, 5.74) is -4.48. The zero-order valence-electron chi connectivity index (χ0n) is 4.62. The van der Waals surface area contributed by atoms with Crippen LogP contribution in [0, 0.1) is 5.41 Å². The zero-order chi connectivity index (χ0) is 7.72. The van der Waals surface area contributed by atoms with Crippen LogP contribution < -0.4 is 21.9 Å². The highest BCUT2D eigenvalue weighted by Gasteiger charge is 2.01. The van der Waals surface area contributed by atoms with Crippen molar-refractivity contribution in [3.05, 3.63) is 36.3 Å². The highest BCUT2D eigenvalue weighted by molar-refractivity contribution is 4.85. The number of rotatable bonds is 0. The fraction of sp³-hybridized carbons (Fsp3) is 0. The van der Waals surface area contributed by atoms with Crippen LogP contribution in [0.25, 0.3) is 0 Å². The van der Waals surface area contributed by atoms with Crippen LogP contribution >= 0.6 is 0 Å². The molecule has 10 heavy (non-hydrogen) atoms. The van der Waals surface area contributed by atoms with E-state index in [0.717, 1.165) is 0 Å². The Bertz CT molecular complexity index is 399. The Hall–Kier alpha value is -1.72. The molecule has 0 radical (unpaired) electrons. The molecule has 0 amide bonds. The minimum atomic E-state index is -1.29. The first kappa shape index (κ1) is 6.40. The first-order chi connectivity index (χ1) is 4.63. The van der Waals surface area contributed by atoms with Crippen molar-refractivity contribution in [2.24, 2.45) is 0 Å². The van der Waals surface area contributed by atoms with E-state index in [1.54, 1.807) is 0 Å². The van der Waals surface area contributed by atoms with Crippen molar-refractivity contribution in [2.45, 2.75) is 0 Å². The summed E-state index contributed by atoms with van der Waals surface area (Å²) < 4.78 is 0. The van der Waals surface area contributed by atoms with Crippen LogP contribution in [0.5, 0.6) is 0 Å². The summed E-state index contributed by atoms with van der Waals surface area (Å²) in [6.07, 6.45) is 0. The van der Waals surface area contributed by atoms with E-state index >= 15 is 0 Å². The van der Waals surface area contributed by atoms with E-state index in [-0.39, 0.29) is 0 Å². The normalized spacial score (nSPS) is 9.60. The molecule has 0 spiro atoms. The molecule has 1 heterocycles. The third kappa shape index (κ3) is 0.750. The Balaban J connectivity index is 4.04. The smallest absolute Gasteiger partial charge is 0.281 e. The van der Waals surface area contributed by atoms with Gasteiger partial charge in [0.15, 0.2) is 0 Å². The zero-order valence-corrected chi connectivity index (χ0v) is 4.62. The monoisotopic (exact) mass is 139 g/mol. The number of aromatic nitrogens is 2. The summed E-state index contributed by atoms with van der Waals surface area (Å²) in [4.78, 5) is 31.0. The Labute approximate surface area is 53.0 Å². The lowest BCUT2D eigenvalue weighted by atomic mass is 10.5. The van der Waals surface area contributed by atoms with Gasteiger partial charge >= 0.3 is 5.56 Å². The number of nitrogens with zero attached hydrogens (tertiary/aromatic N) is 2. The molecule has 6 heteroatoms. The molecule has 0 bridgehead atoms. The van der Waals surface area contributed by atoms with Gasteiger partial charge in [-0.2, -0.15) is 0 Å². The van der Waals surface area contributed by atoms with Gasteiger partial charge < -0.3 is 0 Å². The Morgan fingerprint density at radius 3 is 2.10 bits per heavy atom. The summed E-state index contributed by atoms with van der Waals surface area (Å²) in [6.45, 7) is 0. The first-order valence-corrected chi connectivity index (χ1v) is 2.26. The number of nitrogens with one attached hydrogen (secondary N) is 1. The maximum atomic E-state index is 10.4. The van der Waals surface area contributed by atoms with Crippen molar-refractivity contribution in [3.8, 4) is 0 Å². The average Bonchev–Trinajstić information content (AvgIpc) is 1.93. The molecule has 0 atom stereocenters. The highest BCUT2D eigenvalue weighted by atomic mass is 16.2. The van der Waals surface area contributed by atoms with Crippen LogP contribution in [-0.2, 0) is 0 Å². The van der Waals surface area contributed by atoms with E-state index < -0.39 is 21.9 Å². The lowest BCUT2D eigenvalue weighted by molar-refractivity contribution is 0.874. The van der Waals surface area contributed by atoms with Crippen LogP contribution in [0.4, 0.5) is 0 Å². The minimum Gasteiger partial charge on any atom is -0.281 e. The average molecular weight is 139 g/mol. The maximum Gasteiger partial charge on any atom is 0.340 e. The van der Waals surface area contributed by atoms with Crippen molar-refractivity contribution in [3.63, 3.8) is 0 Å². The molecule has 50 valence electrons. The molecule has 0 saturated heterocycles. The summed E-state index contributed by atoms with van der Waals surface area (Å²) in [5.74, 6) is 0. The van der Waals surface area contributed by atoms with Gasteiger partial charge in [-0.05, 0) is 0 Å². The first-order valence-electron chi connectivity index (χ1n) is 2.26. The maximum absolute atomic E-state index is 10.4. The van der Waals surface area contributed by atoms with E-state index in [4.69, 9.17) is 5.41 Å². The summed E-state index contributed by atoms with van der Waals surface area (Å²) in [7, 11) is 0. The standard InChI is InChI=1S/C4HN3O3/c5-3-1(8)2(9)4(10)7-6-3/h5H. The van der Waals surface area contributed by atoms with Crippen molar-refractivity contribution < 1.29 is 0 Å². The molecular weight excluding hydrogens is 138 g/mol. The predicted octanol–water partition coefficient (Wildman–Crippen LogP) is -3.09. The van der Waals surface area contributed by atoms with E-state index in [2.05, 4.69) is 10.2 Å². The van der Waals surface area contributed by atoms with E-state index in [9.17, 15) is 14.4 Å². The quantitative estimate of drug-likeness (QED) is 0.384. The van der Waals surface area contributed by atoms with Crippen LogP contribution in [0.1, 0.15) is 0 Å². The molecule has 1 rings (SSSR count). The molecule has 0 aliphatic rings. The molecule has 0 fully saturated rings. The predicted molar refractivity (Wildman–Crippen MR) is 29.1 cm³/mol. The second kappa shape index (κ2) is 1.90. The van der Waals surface area contributed by atoms with Crippen molar-refractivity contribution in [1.82, 2.24) is 10.2 Å². The second-order valence-corrected chi connectivity index (χ2v) is 1.51. The van der Waals surface area contributed by atoms with Crippen molar-refractivity contribution >= 4 is 0 Å². The van der Waals surface area contributed by atoms with Gasteiger partial charge in [-0.25, -0.2) is 0 Å². The van der Waals surface area contributed by atoms with Crippen molar-refractivity contribution in [1.29, 1.82) is 5.41 Å². The van der Waals surface area contributed by atoms with E-state index in [1.807, 2.05) is 0 Å². The Morgan fingerprint density at radius 2 is 1.60 bits per heavy atom. The SMILES string of the molecule is N=c1nnc(=O)c(=O)c1=O. The van der Waals surface area contributed by atoms with Crippen molar-refractivity contribution in [2.75, 3.05) is 0 Å². The Morgan fingerprint density at radius 1 is 1.00 bits per heavy atom. The summed E-state index contributed by atoms with van der Waals surface area (Å²) >= 11 is 0. The molecule has 1 aromatic heterocycles. The van der Waals surface area contributed by atoms with Gasteiger partial charge in [-0.1, -0.05) is 0 Å². The molecule has 1 aromatic rings. The summed E-state index contributed by atoms with van der Waals surface area (Å²) in [5, 5.41) is 12.2. The van der Waals surface area contributed by atoms with Gasteiger partial charge in [0.25, 0.3) is 10.9 Å². The van der Waals surface area contributed by atoms with E-state index in [0.29, 0.717) is 0 Å². The Kier molecular flexibility index (Phi) is 1.22. The van der Waals surface area contributed by atoms with Gasteiger partial charge in [0.05, 0.1) is 0 Å². The van der Waals surface area contributed by atoms with Gasteiger partial charge in [0, 0.05) is 0 Å². The minimum absolute atomic E-state index is 0.787. The highest BCUT2D eigenvalue weighted by Crippen LogP contribution is 1.28. The second-order valence-electron chi connectivity index (χ2n) is 1.51. The molecule has 0 aliphatic carbocycles. The number of hydrogen-bond acceptors (Lipinski definition) is 6. The topological polar surface area (TPSA) is 101 Å². The van der Waals surface area contributed by atoms with E-state index in [1.165, 1.54) is 0 Å². The third-order valence-electron chi connectivity index (χ3n) is 0.856. The molecule has 0 saturated carbocycles. The largest absolute Gasteiger partial charge is 0.340 e. The van der Waals surface area contributed by atoms with Gasteiger partial charge in [-0.3, -0.25) is 19.8 Å². The third-order valence-corrected chi connectivity index (χ3v) is 0.856. The van der Waals surface area contributed by atoms with Gasteiger partial charge in [0.2, 0.25) is 5.49 Å². The number of hydrogen-bond donors (Lipinski definition) is 1. The fourth-order valence-corrected chi connectivity index (χ4v) is 0.391. The van der Waals surface area contributed by atoms with Crippen LogP contribution in [0.3, 0.4) is 0 Å². The fourth-order valence-electron chi connectivity index (χ4n) is 0.391. The van der Waals surface area contributed by atoms with Crippen LogP contribution in [-0.4, -0.2) is 10.2 Å². The molecule has 0 aliphatic heterocycles. The lowest BCUT2D eigenvalue weighted by Gasteiger charge is -1.71. The molecule has 0 unspecified atom stereocenters.